The first-order valence-electron chi connectivity index (χ1n) is 4.90. The molecule has 0 fully saturated rings. The lowest BCUT2D eigenvalue weighted by Gasteiger charge is -2.04. The largest absolute Gasteiger partial charge is 0.215 e. The second-order valence-electron chi connectivity index (χ2n) is 3.63. The molecule has 1 heterocycles. The van der Waals surface area contributed by atoms with Gasteiger partial charge in [-0.2, -0.15) is 0 Å². The van der Waals surface area contributed by atoms with E-state index in [2.05, 4.69) is 0 Å². The Hall–Kier alpha value is -1.70. The van der Waals surface area contributed by atoms with Crippen molar-refractivity contribution in [3.05, 3.63) is 54.0 Å². The van der Waals surface area contributed by atoms with Gasteiger partial charge in [0.1, 0.15) is 12.9 Å². The van der Waals surface area contributed by atoms with Gasteiger partial charge in [-0.3, -0.25) is 0 Å². The molecule has 0 aliphatic carbocycles. The van der Waals surface area contributed by atoms with Crippen molar-refractivity contribution in [2.24, 2.45) is 7.05 Å². The van der Waals surface area contributed by atoms with Crippen LogP contribution in [-0.2, 0) is 7.05 Å². The van der Waals surface area contributed by atoms with Crippen LogP contribution in [-0.4, -0.2) is 0 Å². The van der Waals surface area contributed by atoms with E-state index in [0.717, 1.165) is 11.3 Å². The highest BCUT2D eigenvalue weighted by molar-refractivity contribution is 5.61. The molecule has 0 unspecified atom stereocenters. The minimum atomic E-state index is -0.170. The minimum Gasteiger partial charge on any atom is -0.206 e. The average molecular weight is 202 g/mol. The third-order valence-corrected chi connectivity index (χ3v) is 2.53. The molecule has 0 saturated heterocycles. The van der Waals surface area contributed by atoms with Gasteiger partial charge in [0.25, 0.3) is 0 Å². The van der Waals surface area contributed by atoms with E-state index in [-0.39, 0.29) is 5.82 Å². The molecule has 2 heteroatoms. The van der Waals surface area contributed by atoms with Gasteiger partial charge < -0.3 is 0 Å². The number of hydrogen-bond donors (Lipinski definition) is 0. The number of hydrogen-bond acceptors (Lipinski definition) is 0. The number of aryl methyl sites for hydroxylation is 2. The summed E-state index contributed by atoms with van der Waals surface area (Å²) < 4.78 is 15.6. The Morgan fingerprint density at radius 2 is 1.87 bits per heavy atom. The molecule has 0 aliphatic heterocycles. The van der Waals surface area contributed by atoms with Crippen LogP contribution in [0.25, 0.3) is 11.3 Å². The van der Waals surface area contributed by atoms with Crippen molar-refractivity contribution in [2.45, 2.75) is 6.92 Å². The van der Waals surface area contributed by atoms with E-state index in [1.165, 1.54) is 6.07 Å². The molecule has 1 nitrogen and oxygen atoms in total. The number of halogens is 1. The van der Waals surface area contributed by atoms with Gasteiger partial charge in [0.05, 0.1) is 5.56 Å². The maximum absolute atomic E-state index is 13.7. The van der Waals surface area contributed by atoms with E-state index in [1.54, 1.807) is 6.07 Å². The van der Waals surface area contributed by atoms with Crippen molar-refractivity contribution >= 4 is 0 Å². The van der Waals surface area contributed by atoms with Gasteiger partial charge >= 0.3 is 0 Å². The lowest BCUT2D eigenvalue weighted by Crippen LogP contribution is -2.30. The maximum atomic E-state index is 13.7. The van der Waals surface area contributed by atoms with Crippen molar-refractivity contribution in [2.75, 3.05) is 0 Å². The lowest BCUT2D eigenvalue weighted by molar-refractivity contribution is -0.660. The normalized spacial score (nSPS) is 10.3. The Kier molecular flexibility index (Phi) is 2.50. The maximum Gasteiger partial charge on any atom is 0.215 e. The molecule has 0 bridgehead atoms. The van der Waals surface area contributed by atoms with Gasteiger partial charge in [-0.25, -0.2) is 8.96 Å². The molecular formula is C13H13FN+. The summed E-state index contributed by atoms with van der Waals surface area (Å²) in [5.41, 5.74) is 2.53. The van der Waals surface area contributed by atoms with Gasteiger partial charge in [0.2, 0.25) is 5.69 Å². The Balaban J connectivity index is 2.69. The van der Waals surface area contributed by atoms with E-state index in [1.807, 2.05) is 49.0 Å². The van der Waals surface area contributed by atoms with Gasteiger partial charge in [0.15, 0.2) is 6.20 Å². The summed E-state index contributed by atoms with van der Waals surface area (Å²) in [6, 6.07) is 10.9. The zero-order chi connectivity index (χ0) is 10.8. The van der Waals surface area contributed by atoms with E-state index in [4.69, 9.17) is 0 Å². The van der Waals surface area contributed by atoms with Crippen LogP contribution in [0.1, 0.15) is 5.56 Å². The molecule has 2 rings (SSSR count). The molecule has 0 atom stereocenters. The zero-order valence-corrected chi connectivity index (χ0v) is 8.87. The van der Waals surface area contributed by atoms with Crippen LogP contribution in [0.4, 0.5) is 4.39 Å². The fourth-order valence-corrected chi connectivity index (χ4v) is 1.74. The molecule has 0 amide bonds. The van der Waals surface area contributed by atoms with E-state index >= 15 is 0 Å². The molecule has 0 N–H and O–H groups in total. The molecule has 0 saturated carbocycles. The van der Waals surface area contributed by atoms with Crippen molar-refractivity contribution in [3.8, 4) is 11.3 Å². The third-order valence-electron chi connectivity index (χ3n) is 2.53. The average Bonchev–Trinajstić information content (AvgIpc) is 2.20. The molecule has 76 valence electrons. The second kappa shape index (κ2) is 3.81. The first-order valence-corrected chi connectivity index (χ1v) is 4.90. The molecule has 1 aromatic carbocycles. The van der Waals surface area contributed by atoms with Crippen molar-refractivity contribution in [3.63, 3.8) is 0 Å². The summed E-state index contributed by atoms with van der Waals surface area (Å²) in [5.74, 6) is -0.170. The van der Waals surface area contributed by atoms with Crippen LogP contribution in [0.5, 0.6) is 0 Å². The third kappa shape index (κ3) is 1.75. The lowest BCUT2D eigenvalue weighted by atomic mass is 10.0. The highest BCUT2D eigenvalue weighted by Crippen LogP contribution is 2.22. The summed E-state index contributed by atoms with van der Waals surface area (Å²) in [5, 5.41) is 0. The van der Waals surface area contributed by atoms with Crippen molar-refractivity contribution < 1.29 is 8.96 Å². The number of pyridine rings is 1. The van der Waals surface area contributed by atoms with Crippen LogP contribution in [0.15, 0.2) is 42.6 Å². The fourth-order valence-electron chi connectivity index (χ4n) is 1.74. The Bertz CT molecular complexity index is 471. The smallest absolute Gasteiger partial charge is 0.206 e. The Morgan fingerprint density at radius 1 is 1.07 bits per heavy atom. The van der Waals surface area contributed by atoms with Crippen molar-refractivity contribution in [1.29, 1.82) is 0 Å². The summed E-state index contributed by atoms with van der Waals surface area (Å²) in [6.45, 7) is 1.92. The molecule has 0 radical (unpaired) electrons. The fraction of sp³-hybridized carbons (Fsp3) is 0.154. The van der Waals surface area contributed by atoms with Gasteiger partial charge in [0, 0.05) is 12.1 Å². The predicted molar refractivity (Wildman–Crippen MR) is 57.7 cm³/mol. The number of rotatable bonds is 1. The van der Waals surface area contributed by atoms with E-state index < -0.39 is 0 Å². The van der Waals surface area contributed by atoms with Gasteiger partial charge in [-0.05, 0) is 24.6 Å². The molecule has 0 spiro atoms. The topological polar surface area (TPSA) is 3.88 Å². The van der Waals surface area contributed by atoms with Gasteiger partial charge in [-0.1, -0.05) is 12.1 Å². The number of nitrogens with zero attached hydrogens (tertiary/aromatic N) is 1. The minimum absolute atomic E-state index is 0.170. The highest BCUT2D eigenvalue weighted by Gasteiger charge is 2.15. The molecule has 0 aliphatic rings. The Labute approximate surface area is 88.8 Å². The summed E-state index contributed by atoms with van der Waals surface area (Å²) >= 11 is 0. The van der Waals surface area contributed by atoms with Gasteiger partial charge in [-0.15, -0.1) is 0 Å². The monoisotopic (exact) mass is 202 g/mol. The standard InChI is InChI=1S/C13H13FN/c1-10-6-5-7-11(14)13(10)12-8-3-4-9-15(12)2/h3-9H,1-2H3/q+1. The first-order chi connectivity index (χ1) is 7.20. The van der Waals surface area contributed by atoms with E-state index in [0.29, 0.717) is 5.56 Å². The Morgan fingerprint density at radius 3 is 2.53 bits per heavy atom. The summed E-state index contributed by atoms with van der Waals surface area (Å²) in [4.78, 5) is 0. The molecular weight excluding hydrogens is 189 g/mol. The van der Waals surface area contributed by atoms with Crippen molar-refractivity contribution in [1.82, 2.24) is 0 Å². The van der Waals surface area contributed by atoms with Crippen LogP contribution in [0.3, 0.4) is 0 Å². The van der Waals surface area contributed by atoms with E-state index in [9.17, 15) is 4.39 Å². The SMILES string of the molecule is Cc1cccc(F)c1-c1cccc[n+]1C. The van der Waals surface area contributed by atoms with Crippen LogP contribution in [0, 0.1) is 12.7 Å². The molecule has 1 aromatic heterocycles. The predicted octanol–water partition coefficient (Wildman–Crippen LogP) is 2.63. The summed E-state index contributed by atoms with van der Waals surface area (Å²) in [6.07, 6.45) is 1.92. The molecule has 15 heavy (non-hydrogen) atoms. The zero-order valence-electron chi connectivity index (χ0n) is 8.87. The molecule has 2 aromatic rings. The summed E-state index contributed by atoms with van der Waals surface area (Å²) in [7, 11) is 1.92. The first kappa shape index (κ1) is 9.84. The van der Waals surface area contributed by atoms with Crippen LogP contribution >= 0.6 is 0 Å². The number of benzene rings is 1. The number of aromatic nitrogens is 1. The second-order valence-corrected chi connectivity index (χ2v) is 3.63. The van der Waals surface area contributed by atoms with Crippen LogP contribution in [0.2, 0.25) is 0 Å². The quantitative estimate of drug-likeness (QED) is 0.626. The highest BCUT2D eigenvalue weighted by atomic mass is 19.1. The van der Waals surface area contributed by atoms with Crippen LogP contribution < -0.4 is 4.57 Å².